The highest BCUT2D eigenvalue weighted by atomic mass is 35.5. The van der Waals surface area contributed by atoms with Gasteiger partial charge < -0.3 is 0 Å². The summed E-state index contributed by atoms with van der Waals surface area (Å²) in [6.45, 7) is 0. The predicted molar refractivity (Wildman–Crippen MR) is 54.3 cm³/mol. The fourth-order valence-corrected chi connectivity index (χ4v) is 1.90. The first-order valence-corrected chi connectivity index (χ1v) is 5.03. The van der Waals surface area contributed by atoms with Gasteiger partial charge in [-0.3, -0.25) is 0 Å². The molecule has 66 valence electrons. The molecule has 1 aliphatic carbocycles. The molecule has 1 heteroatoms. The van der Waals surface area contributed by atoms with Crippen LogP contribution in [0.15, 0.2) is 11.6 Å². The Bertz CT molecular complexity index is 198. The lowest BCUT2D eigenvalue weighted by Gasteiger charge is -2.15. The van der Waals surface area contributed by atoms with Gasteiger partial charge in [-0.2, -0.15) is 0 Å². The van der Waals surface area contributed by atoms with Gasteiger partial charge in [-0.15, -0.1) is 23.9 Å². The molecule has 0 aliphatic heterocycles. The van der Waals surface area contributed by atoms with Crippen LogP contribution in [-0.4, -0.2) is 5.38 Å². The quantitative estimate of drug-likeness (QED) is 0.271. The lowest BCUT2D eigenvalue weighted by Crippen LogP contribution is -2.03. The van der Waals surface area contributed by atoms with Crippen molar-refractivity contribution in [1.29, 1.82) is 0 Å². The second-order valence-corrected chi connectivity index (χ2v) is 3.85. The molecule has 1 atom stereocenters. The van der Waals surface area contributed by atoms with Crippen LogP contribution in [0.4, 0.5) is 0 Å². The normalized spacial score (nSPS) is 23.0. The Morgan fingerprint density at radius 3 is 3.17 bits per heavy atom. The Balaban J connectivity index is 2.27. The molecule has 0 fully saturated rings. The number of rotatable bonds is 3. The number of halogens is 1. The van der Waals surface area contributed by atoms with E-state index in [1.54, 1.807) is 0 Å². The summed E-state index contributed by atoms with van der Waals surface area (Å²) in [4.78, 5) is 0. The molecule has 1 aliphatic rings. The van der Waals surface area contributed by atoms with E-state index in [1.165, 1.54) is 18.4 Å². The van der Waals surface area contributed by atoms with Gasteiger partial charge in [-0.1, -0.05) is 11.6 Å². The van der Waals surface area contributed by atoms with Crippen molar-refractivity contribution in [3.05, 3.63) is 11.6 Å². The van der Waals surface area contributed by atoms with Crippen LogP contribution < -0.4 is 0 Å². The minimum absolute atomic E-state index is 0.277. The van der Waals surface area contributed by atoms with E-state index in [1.807, 2.05) is 0 Å². The molecule has 0 aromatic heterocycles. The van der Waals surface area contributed by atoms with Crippen molar-refractivity contribution < 1.29 is 0 Å². The maximum absolute atomic E-state index is 6.01. The summed E-state index contributed by atoms with van der Waals surface area (Å²) in [5, 5.41) is 0.277. The highest BCUT2D eigenvalue weighted by Gasteiger charge is 2.09. The minimum atomic E-state index is 0.277. The Hall–Kier alpha value is -0.410. The van der Waals surface area contributed by atoms with Crippen LogP contribution in [0.2, 0.25) is 0 Å². The summed E-state index contributed by atoms with van der Waals surface area (Å²) in [6, 6.07) is 0. The number of hydrogen-bond donors (Lipinski definition) is 0. The molecular formula is C11H15Cl. The SMILES string of the molecule is C#CCCCC1=CC(Cl)CCC1. The molecule has 0 saturated carbocycles. The molecule has 0 aromatic carbocycles. The first-order valence-electron chi connectivity index (χ1n) is 4.60. The molecule has 0 spiro atoms. The fraction of sp³-hybridized carbons (Fsp3) is 0.636. The van der Waals surface area contributed by atoms with Crippen LogP contribution in [0.3, 0.4) is 0 Å². The van der Waals surface area contributed by atoms with Gasteiger partial charge in [-0.25, -0.2) is 0 Å². The predicted octanol–water partition coefficient (Wildman–Crippen LogP) is 3.51. The largest absolute Gasteiger partial charge is 0.120 e. The monoisotopic (exact) mass is 182 g/mol. The molecule has 0 bridgehead atoms. The zero-order valence-corrected chi connectivity index (χ0v) is 8.11. The van der Waals surface area contributed by atoms with Crippen LogP contribution in [0.1, 0.15) is 38.5 Å². The van der Waals surface area contributed by atoms with Crippen molar-refractivity contribution in [2.24, 2.45) is 0 Å². The van der Waals surface area contributed by atoms with Crippen LogP contribution in [0, 0.1) is 12.3 Å². The smallest absolute Gasteiger partial charge is 0.0518 e. The van der Waals surface area contributed by atoms with E-state index in [2.05, 4.69) is 12.0 Å². The third-order valence-electron chi connectivity index (χ3n) is 2.21. The molecule has 0 nitrogen and oxygen atoms in total. The fourth-order valence-electron chi connectivity index (χ4n) is 1.57. The molecule has 1 rings (SSSR count). The van der Waals surface area contributed by atoms with Gasteiger partial charge in [0.1, 0.15) is 0 Å². The average Bonchev–Trinajstić information content (AvgIpc) is 2.05. The van der Waals surface area contributed by atoms with Crippen LogP contribution in [0.5, 0.6) is 0 Å². The summed E-state index contributed by atoms with van der Waals surface area (Å²) >= 11 is 6.01. The Morgan fingerprint density at radius 1 is 1.67 bits per heavy atom. The Labute approximate surface area is 80.0 Å². The Morgan fingerprint density at radius 2 is 2.50 bits per heavy atom. The number of alkyl halides is 1. The first-order chi connectivity index (χ1) is 5.83. The highest BCUT2D eigenvalue weighted by molar-refractivity contribution is 6.21. The van der Waals surface area contributed by atoms with Gasteiger partial charge in [0, 0.05) is 6.42 Å². The van der Waals surface area contributed by atoms with Gasteiger partial charge in [0.25, 0.3) is 0 Å². The summed E-state index contributed by atoms with van der Waals surface area (Å²) in [7, 11) is 0. The lowest BCUT2D eigenvalue weighted by molar-refractivity contribution is 0.667. The van der Waals surface area contributed by atoms with Crippen molar-refractivity contribution in [1.82, 2.24) is 0 Å². The van der Waals surface area contributed by atoms with Crippen LogP contribution in [-0.2, 0) is 0 Å². The standard InChI is InChI=1S/C11H15Cl/c1-2-3-4-6-10-7-5-8-11(12)9-10/h1,9,11H,3-8H2. The summed E-state index contributed by atoms with van der Waals surface area (Å²) in [5.74, 6) is 2.66. The molecule has 1 unspecified atom stereocenters. The van der Waals surface area contributed by atoms with Gasteiger partial charge in [0.2, 0.25) is 0 Å². The van der Waals surface area contributed by atoms with E-state index in [-0.39, 0.29) is 5.38 Å². The maximum atomic E-state index is 6.01. The van der Waals surface area contributed by atoms with Crippen molar-refractivity contribution in [3.63, 3.8) is 0 Å². The van der Waals surface area contributed by atoms with E-state index in [4.69, 9.17) is 18.0 Å². The average molecular weight is 183 g/mol. The molecule has 0 aromatic rings. The van der Waals surface area contributed by atoms with Crippen molar-refractivity contribution in [3.8, 4) is 12.3 Å². The van der Waals surface area contributed by atoms with Crippen LogP contribution in [0.25, 0.3) is 0 Å². The minimum Gasteiger partial charge on any atom is -0.120 e. The molecule has 0 radical (unpaired) electrons. The topological polar surface area (TPSA) is 0 Å². The molecule has 0 N–H and O–H groups in total. The van der Waals surface area contributed by atoms with Crippen LogP contribution >= 0.6 is 11.6 Å². The summed E-state index contributed by atoms with van der Waals surface area (Å²) in [6.07, 6.45) is 14.2. The van der Waals surface area contributed by atoms with E-state index in [9.17, 15) is 0 Å². The van der Waals surface area contributed by atoms with Crippen molar-refractivity contribution >= 4 is 11.6 Å². The zero-order valence-electron chi connectivity index (χ0n) is 7.35. The number of allylic oxidation sites excluding steroid dienone is 2. The van der Waals surface area contributed by atoms with Gasteiger partial charge in [0.05, 0.1) is 5.38 Å². The maximum Gasteiger partial charge on any atom is 0.0518 e. The number of terminal acetylenes is 1. The molecule has 0 heterocycles. The Kier molecular flexibility index (Phi) is 4.25. The zero-order chi connectivity index (χ0) is 8.81. The number of hydrogen-bond acceptors (Lipinski definition) is 0. The van der Waals surface area contributed by atoms with Gasteiger partial charge in [-0.05, 0) is 32.1 Å². The third kappa shape index (κ3) is 3.32. The molecule has 12 heavy (non-hydrogen) atoms. The summed E-state index contributed by atoms with van der Waals surface area (Å²) < 4.78 is 0. The highest BCUT2D eigenvalue weighted by Crippen LogP contribution is 2.24. The van der Waals surface area contributed by atoms with E-state index >= 15 is 0 Å². The van der Waals surface area contributed by atoms with E-state index in [0.717, 1.165) is 25.7 Å². The second-order valence-electron chi connectivity index (χ2n) is 3.29. The molecular weight excluding hydrogens is 168 g/mol. The van der Waals surface area contributed by atoms with Crippen molar-refractivity contribution in [2.45, 2.75) is 43.9 Å². The van der Waals surface area contributed by atoms with Crippen molar-refractivity contribution in [2.75, 3.05) is 0 Å². The van der Waals surface area contributed by atoms with E-state index in [0.29, 0.717) is 0 Å². The molecule has 0 saturated heterocycles. The van der Waals surface area contributed by atoms with E-state index < -0.39 is 0 Å². The second kappa shape index (κ2) is 5.27. The van der Waals surface area contributed by atoms with Gasteiger partial charge in [0.15, 0.2) is 0 Å². The number of unbranched alkanes of at least 4 members (excludes halogenated alkanes) is 1. The summed E-state index contributed by atoms with van der Waals surface area (Å²) in [5.41, 5.74) is 1.51. The lowest BCUT2D eigenvalue weighted by atomic mass is 9.95. The van der Waals surface area contributed by atoms with Gasteiger partial charge >= 0.3 is 0 Å². The third-order valence-corrected chi connectivity index (χ3v) is 2.56. The first kappa shape index (κ1) is 9.68. The molecule has 0 amide bonds.